The van der Waals surface area contributed by atoms with E-state index in [0.29, 0.717) is 47.4 Å². The number of aliphatic carboxylic acids is 1. The maximum atomic E-state index is 15.7. The highest BCUT2D eigenvalue weighted by Gasteiger charge is 2.41. The number of aliphatic hydroxyl groups is 1. The van der Waals surface area contributed by atoms with Crippen LogP contribution in [0.25, 0.3) is 10.9 Å². The van der Waals surface area contributed by atoms with Crippen LogP contribution in [-0.2, 0) is 11.4 Å². The van der Waals surface area contributed by atoms with Crippen LogP contribution in [0, 0.1) is 34.7 Å². The summed E-state index contributed by atoms with van der Waals surface area (Å²) in [5.74, 6) is 1.33. The zero-order valence-electron chi connectivity index (χ0n) is 21.3. The summed E-state index contributed by atoms with van der Waals surface area (Å²) >= 11 is 0. The average Bonchev–Trinajstić information content (AvgIpc) is 2.92. The molecule has 0 unspecified atom stereocenters. The number of ether oxygens (including phenoxy) is 1. The quantitative estimate of drug-likeness (QED) is 0.301. The van der Waals surface area contributed by atoms with Crippen LogP contribution in [0.2, 0.25) is 0 Å². The highest BCUT2D eigenvalue weighted by molar-refractivity contribution is 5.85. The second kappa shape index (κ2) is 12.0. The zero-order chi connectivity index (χ0) is 28.2. The molecule has 0 spiro atoms. The van der Waals surface area contributed by atoms with E-state index in [4.69, 9.17) is 4.74 Å². The zero-order valence-corrected chi connectivity index (χ0v) is 21.3. The molecule has 0 radical (unpaired) electrons. The van der Waals surface area contributed by atoms with Crippen molar-refractivity contribution in [3.8, 4) is 17.6 Å². The molecule has 4 rings (SSSR count). The summed E-state index contributed by atoms with van der Waals surface area (Å²) in [6, 6.07) is 6.17. The minimum atomic E-state index is -1.54. The molecule has 0 bridgehead atoms. The van der Waals surface area contributed by atoms with Crippen molar-refractivity contribution in [3.63, 3.8) is 0 Å². The number of rotatable bonds is 8. The number of fused-ring (bicyclic) bond motifs is 1. The van der Waals surface area contributed by atoms with Gasteiger partial charge in [-0.3, -0.25) is 14.7 Å². The Labute approximate surface area is 223 Å². The lowest BCUT2D eigenvalue weighted by molar-refractivity contribution is -0.152. The van der Waals surface area contributed by atoms with Crippen molar-refractivity contribution in [1.29, 1.82) is 0 Å². The summed E-state index contributed by atoms with van der Waals surface area (Å²) in [6.45, 7) is 0.428. The number of carboxylic acid groups (broad SMARTS) is 1. The molecule has 206 valence electrons. The van der Waals surface area contributed by atoms with E-state index in [-0.39, 0.29) is 37.8 Å². The largest absolute Gasteiger partial charge is 0.497 e. The number of carboxylic acids is 1. The minimum Gasteiger partial charge on any atom is -0.497 e. The van der Waals surface area contributed by atoms with Gasteiger partial charge in [0, 0.05) is 47.9 Å². The Bertz CT molecular complexity index is 1400. The molecule has 39 heavy (non-hydrogen) atoms. The van der Waals surface area contributed by atoms with Crippen LogP contribution in [0.4, 0.5) is 17.6 Å². The van der Waals surface area contributed by atoms with Crippen LogP contribution in [0.5, 0.6) is 5.75 Å². The maximum Gasteiger partial charge on any atom is 0.309 e. The summed E-state index contributed by atoms with van der Waals surface area (Å²) in [5.41, 5.74) is -0.535. The molecule has 1 aromatic heterocycles. The van der Waals surface area contributed by atoms with Gasteiger partial charge in [0.15, 0.2) is 0 Å². The molecule has 1 fully saturated rings. The summed E-state index contributed by atoms with van der Waals surface area (Å²) in [5, 5.41) is 20.4. The maximum absolute atomic E-state index is 15.7. The number of aromatic nitrogens is 1. The van der Waals surface area contributed by atoms with Gasteiger partial charge in [0.1, 0.15) is 29.4 Å². The molecule has 1 aliphatic rings. The normalized spacial score (nSPS) is 15.9. The predicted molar refractivity (Wildman–Crippen MR) is 136 cm³/mol. The first-order chi connectivity index (χ1) is 18.7. The van der Waals surface area contributed by atoms with E-state index in [1.54, 1.807) is 18.2 Å². The third-order valence-electron chi connectivity index (χ3n) is 7.35. The second-order valence-corrected chi connectivity index (χ2v) is 9.65. The van der Waals surface area contributed by atoms with Crippen molar-refractivity contribution in [2.45, 2.75) is 38.5 Å². The molecular weight excluding hydrogens is 516 g/mol. The number of pyridine rings is 1. The SMILES string of the molecule is COc1ccc2ncc(CO)c([C@H](F)CCC3(C(=O)O)CCN(CC#Cc4c(F)cc(F)cc4F)CC3)c2c1. The van der Waals surface area contributed by atoms with E-state index in [0.717, 1.165) is 0 Å². The molecule has 1 saturated heterocycles. The number of piperidine rings is 1. The Balaban J connectivity index is 1.44. The summed E-state index contributed by atoms with van der Waals surface area (Å²) in [4.78, 5) is 18.4. The standard InChI is InChI=1S/C29H28F4N2O4/c1-39-20-4-5-26-22(15-20)27(18(17-36)16-34-26)23(31)6-7-29(28(37)38)8-11-35(12-9-29)10-2-3-21-24(32)13-19(30)14-25(21)33/h4-5,13-16,23,36H,6-12,17H2,1H3,(H,37,38)/t23-/m1/s1. The third kappa shape index (κ3) is 6.15. The van der Waals surface area contributed by atoms with Crippen molar-refractivity contribution >= 4 is 16.9 Å². The lowest BCUT2D eigenvalue weighted by atomic mass is 9.74. The number of alkyl halides is 1. The van der Waals surface area contributed by atoms with Gasteiger partial charge in [0.25, 0.3) is 0 Å². The number of hydrogen-bond acceptors (Lipinski definition) is 5. The Morgan fingerprint density at radius 3 is 2.49 bits per heavy atom. The fraction of sp³-hybridized carbons (Fsp3) is 0.379. The van der Waals surface area contributed by atoms with Gasteiger partial charge >= 0.3 is 5.97 Å². The molecular formula is C29H28F4N2O4. The van der Waals surface area contributed by atoms with E-state index in [1.165, 1.54) is 13.3 Å². The number of aliphatic hydroxyl groups excluding tert-OH is 1. The smallest absolute Gasteiger partial charge is 0.309 e. The van der Waals surface area contributed by atoms with E-state index >= 15 is 4.39 Å². The molecule has 0 saturated carbocycles. The average molecular weight is 545 g/mol. The molecule has 1 aliphatic heterocycles. The molecule has 6 nitrogen and oxygen atoms in total. The van der Waals surface area contributed by atoms with Gasteiger partial charge in [0.2, 0.25) is 0 Å². The predicted octanol–water partition coefficient (Wildman–Crippen LogP) is 5.16. The molecule has 2 heterocycles. The number of benzene rings is 2. The number of hydrogen-bond donors (Lipinski definition) is 2. The van der Waals surface area contributed by atoms with Crippen molar-refractivity contribution in [2.24, 2.45) is 5.41 Å². The van der Waals surface area contributed by atoms with E-state index in [1.807, 2.05) is 4.90 Å². The van der Waals surface area contributed by atoms with Gasteiger partial charge in [-0.1, -0.05) is 11.8 Å². The highest BCUT2D eigenvalue weighted by Crippen LogP contribution is 2.41. The monoisotopic (exact) mass is 544 g/mol. The Morgan fingerprint density at radius 1 is 1.18 bits per heavy atom. The van der Waals surface area contributed by atoms with Crippen LogP contribution >= 0.6 is 0 Å². The van der Waals surface area contributed by atoms with E-state index < -0.39 is 47.2 Å². The van der Waals surface area contributed by atoms with Crippen molar-refractivity contribution in [1.82, 2.24) is 9.88 Å². The minimum absolute atomic E-state index is 0.0709. The fourth-order valence-electron chi connectivity index (χ4n) is 5.01. The Kier molecular flexibility index (Phi) is 8.73. The van der Waals surface area contributed by atoms with Crippen LogP contribution in [0.3, 0.4) is 0 Å². The van der Waals surface area contributed by atoms with Crippen molar-refractivity contribution < 1.29 is 37.3 Å². The molecule has 2 N–H and O–H groups in total. The van der Waals surface area contributed by atoms with E-state index in [2.05, 4.69) is 16.8 Å². The number of halogens is 4. The second-order valence-electron chi connectivity index (χ2n) is 9.65. The molecule has 0 amide bonds. The van der Waals surface area contributed by atoms with Crippen molar-refractivity contribution in [3.05, 3.63) is 70.7 Å². The lowest BCUT2D eigenvalue weighted by Crippen LogP contribution is -2.44. The molecule has 1 atom stereocenters. The first kappa shape index (κ1) is 28.3. The van der Waals surface area contributed by atoms with Crippen LogP contribution in [0.15, 0.2) is 36.5 Å². The molecule has 3 aromatic rings. The molecule has 2 aromatic carbocycles. The van der Waals surface area contributed by atoms with Gasteiger partial charge in [-0.15, -0.1) is 0 Å². The Morgan fingerprint density at radius 2 is 1.87 bits per heavy atom. The summed E-state index contributed by atoms with van der Waals surface area (Å²) in [6.07, 6.45) is 0.381. The summed E-state index contributed by atoms with van der Waals surface area (Å²) < 4.78 is 61.7. The van der Waals surface area contributed by atoms with Gasteiger partial charge in [-0.2, -0.15) is 0 Å². The highest BCUT2D eigenvalue weighted by atomic mass is 19.1. The van der Waals surface area contributed by atoms with Gasteiger partial charge < -0.3 is 14.9 Å². The van der Waals surface area contributed by atoms with Crippen molar-refractivity contribution in [2.75, 3.05) is 26.7 Å². The molecule has 10 heteroatoms. The van der Waals surface area contributed by atoms with E-state index in [9.17, 15) is 28.2 Å². The molecule has 0 aliphatic carbocycles. The van der Waals surface area contributed by atoms with Crippen LogP contribution < -0.4 is 4.74 Å². The number of methoxy groups -OCH3 is 1. The lowest BCUT2D eigenvalue weighted by Gasteiger charge is -2.38. The summed E-state index contributed by atoms with van der Waals surface area (Å²) in [7, 11) is 1.49. The number of nitrogens with zero attached hydrogens (tertiary/aromatic N) is 2. The number of likely N-dealkylation sites (tertiary alicyclic amines) is 1. The van der Waals surface area contributed by atoms with Gasteiger partial charge in [-0.05, 0) is 43.9 Å². The van der Waals surface area contributed by atoms with Gasteiger partial charge in [0.05, 0.1) is 36.8 Å². The van der Waals surface area contributed by atoms with Crippen LogP contribution in [-0.4, -0.2) is 52.8 Å². The third-order valence-corrected chi connectivity index (χ3v) is 7.35. The first-order valence-electron chi connectivity index (χ1n) is 12.5. The van der Waals surface area contributed by atoms with Gasteiger partial charge in [-0.25, -0.2) is 17.6 Å². The fourth-order valence-corrected chi connectivity index (χ4v) is 5.01. The Hall–Kier alpha value is -3.68. The topological polar surface area (TPSA) is 82.9 Å². The first-order valence-corrected chi connectivity index (χ1v) is 12.5. The number of carbonyl (C=O) groups is 1. The van der Waals surface area contributed by atoms with Crippen LogP contribution in [0.1, 0.15) is 48.5 Å².